The standard InChI is InChI=1S/C19H23N3O4S2/c23-17-10-15(16-4-2-7-27-16)20-19(21-17)14-3-1-6-22(11-14)18(24)9-13-5-8-28(25,26)12-13/h2,4,7,10,13-14H,1,3,5-6,8-9,11-12H2,(H,20,21,23)/t13-,14-/m1/s1. The number of nitrogens with one attached hydrogen (secondary N) is 1. The van der Waals surface area contributed by atoms with Gasteiger partial charge in [0.15, 0.2) is 9.84 Å². The molecule has 2 atom stereocenters. The highest BCUT2D eigenvalue weighted by atomic mass is 32.2. The second kappa shape index (κ2) is 7.79. The Morgan fingerprint density at radius 3 is 2.93 bits per heavy atom. The van der Waals surface area contributed by atoms with Gasteiger partial charge in [-0.15, -0.1) is 11.3 Å². The van der Waals surface area contributed by atoms with E-state index in [1.807, 2.05) is 17.5 Å². The van der Waals surface area contributed by atoms with E-state index in [0.29, 0.717) is 31.0 Å². The quantitative estimate of drug-likeness (QED) is 0.814. The van der Waals surface area contributed by atoms with Crippen molar-refractivity contribution in [1.82, 2.24) is 14.9 Å². The van der Waals surface area contributed by atoms with Crippen LogP contribution in [0.3, 0.4) is 0 Å². The van der Waals surface area contributed by atoms with Gasteiger partial charge < -0.3 is 9.88 Å². The number of H-pyrrole nitrogens is 1. The van der Waals surface area contributed by atoms with Crippen LogP contribution in [0.15, 0.2) is 28.4 Å². The predicted molar refractivity (Wildman–Crippen MR) is 108 cm³/mol. The van der Waals surface area contributed by atoms with E-state index < -0.39 is 9.84 Å². The van der Waals surface area contributed by atoms with Crippen LogP contribution >= 0.6 is 11.3 Å². The summed E-state index contributed by atoms with van der Waals surface area (Å²) in [5.41, 5.74) is 0.473. The third kappa shape index (κ3) is 4.35. The fraction of sp³-hybridized carbons (Fsp3) is 0.526. The van der Waals surface area contributed by atoms with Gasteiger partial charge in [0.1, 0.15) is 5.82 Å². The normalized spacial score (nSPS) is 24.4. The van der Waals surface area contributed by atoms with E-state index >= 15 is 0 Å². The zero-order chi connectivity index (χ0) is 19.7. The Labute approximate surface area is 167 Å². The first kappa shape index (κ1) is 19.3. The lowest BCUT2D eigenvalue weighted by atomic mass is 9.95. The van der Waals surface area contributed by atoms with Crippen LogP contribution in [0.1, 0.15) is 37.4 Å². The predicted octanol–water partition coefficient (Wildman–Crippen LogP) is 2.03. The van der Waals surface area contributed by atoms with Crippen molar-refractivity contribution >= 4 is 27.1 Å². The highest BCUT2D eigenvalue weighted by Crippen LogP contribution is 2.29. The molecule has 2 aromatic heterocycles. The summed E-state index contributed by atoms with van der Waals surface area (Å²) in [6.07, 6.45) is 2.55. The smallest absolute Gasteiger partial charge is 0.251 e. The third-order valence-corrected chi connectivity index (χ3v) is 8.21. The third-order valence-electron chi connectivity index (χ3n) is 5.48. The number of sulfone groups is 1. The number of likely N-dealkylation sites (tertiary alicyclic amines) is 1. The van der Waals surface area contributed by atoms with Crippen molar-refractivity contribution in [2.75, 3.05) is 24.6 Å². The minimum Gasteiger partial charge on any atom is -0.342 e. The summed E-state index contributed by atoms with van der Waals surface area (Å²) in [5.74, 6) is 0.845. The molecular weight excluding hydrogens is 398 g/mol. The Kier molecular flexibility index (Phi) is 5.37. The van der Waals surface area contributed by atoms with Gasteiger partial charge in [-0.1, -0.05) is 6.07 Å². The average Bonchev–Trinajstić information content (AvgIpc) is 3.31. The van der Waals surface area contributed by atoms with E-state index in [2.05, 4.69) is 9.97 Å². The molecule has 7 nitrogen and oxygen atoms in total. The number of piperidine rings is 1. The number of nitrogens with zero attached hydrogens (tertiary/aromatic N) is 2. The minimum atomic E-state index is -2.98. The summed E-state index contributed by atoms with van der Waals surface area (Å²) in [4.78, 5) is 35.1. The molecular formula is C19H23N3O4S2. The molecule has 4 heterocycles. The van der Waals surface area contributed by atoms with E-state index in [4.69, 9.17) is 0 Å². The first-order valence-corrected chi connectivity index (χ1v) is 12.2. The number of aromatic amines is 1. The van der Waals surface area contributed by atoms with Gasteiger partial charge in [0.05, 0.1) is 22.1 Å². The van der Waals surface area contributed by atoms with Crippen molar-refractivity contribution < 1.29 is 13.2 Å². The number of aromatic nitrogens is 2. The Morgan fingerprint density at radius 1 is 1.36 bits per heavy atom. The number of thiophene rings is 1. The summed E-state index contributed by atoms with van der Waals surface area (Å²) < 4.78 is 23.3. The molecule has 150 valence electrons. The van der Waals surface area contributed by atoms with Gasteiger partial charge in [-0.3, -0.25) is 9.59 Å². The summed E-state index contributed by atoms with van der Waals surface area (Å²) in [6, 6.07) is 5.36. The van der Waals surface area contributed by atoms with Gasteiger partial charge in [-0.05, 0) is 36.6 Å². The Hall–Kier alpha value is -2.00. The first-order chi connectivity index (χ1) is 13.4. The zero-order valence-corrected chi connectivity index (χ0v) is 17.1. The number of hydrogen-bond acceptors (Lipinski definition) is 6. The topological polar surface area (TPSA) is 100 Å². The van der Waals surface area contributed by atoms with Gasteiger partial charge >= 0.3 is 0 Å². The first-order valence-electron chi connectivity index (χ1n) is 9.53. The molecule has 2 aliphatic rings. The molecule has 1 N–H and O–H groups in total. The summed E-state index contributed by atoms with van der Waals surface area (Å²) in [7, 11) is -2.98. The maximum atomic E-state index is 12.7. The molecule has 0 saturated carbocycles. The molecule has 2 saturated heterocycles. The maximum absolute atomic E-state index is 12.7. The highest BCUT2D eigenvalue weighted by Gasteiger charge is 2.32. The second-order valence-corrected chi connectivity index (χ2v) is 10.8. The Balaban J connectivity index is 1.47. The molecule has 2 aliphatic heterocycles. The van der Waals surface area contributed by atoms with Crippen LogP contribution in [0.4, 0.5) is 0 Å². The van der Waals surface area contributed by atoms with Gasteiger partial charge in [-0.2, -0.15) is 0 Å². The molecule has 0 radical (unpaired) electrons. The van der Waals surface area contributed by atoms with Crippen LogP contribution < -0.4 is 5.56 Å². The van der Waals surface area contributed by atoms with Gasteiger partial charge in [0.25, 0.3) is 5.56 Å². The summed E-state index contributed by atoms with van der Waals surface area (Å²) >= 11 is 1.53. The SMILES string of the molecule is O=C(C[C@H]1CCS(=O)(=O)C1)N1CCC[C@@H](c2nc(-c3cccs3)cc(=O)[nH]2)C1. The van der Waals surface area contributed by atoms with Crippen molar-refractivity contribution in [1.29, 1.82) is 0 Å². The fourth-order valence-corrected chi connectivity index (χ4v) is 6.60. The Bertz CT molecular complexity index is 1010. The maximum Gasteiger partial charge on any atom is 0.251 e. The molecule has 9 heteroatoms. The van der Waals surface area contributed by atoms with Crippen LogP contribution in [-0.4, -0.2) is 53.8 Å². The zero-order valence-electron chi connectivity index (χ0n) is 15.5. The lowest BCUT2D eigenvalue weighted by Crippen LogP contribution is -2.40. The number of amides is 1. The summed E-state index contributed by atoms with van der Waals surface area (Å²) in [6.45, 7) is 1.18. The molecule has 0 unspecified atom stereocenters. The monoisotopic (exact) mass is 421 g/mol. The lowest BCUT2D eigenvalue weighted by molar-refractivity contribution is -0.133. The van der Waals surface area contributed by atoms with E-state index in [1.54, 1.807) is 4.90 Å². The molecule has 0 bridgehead atoms. The molecule has 0 aromatic carbocycles. The summed E-state index contributed by atoms with van der Waals surface area (Å²) in [5, 5.41) is 1.95. The van der Waals surface area contributed by atoms with E-state index in [9.17, 15) is 18.0 Å². The Morgan fingerprint density at radius 2 is 2.21 bits per heavy atom. The molecule has 1 amide bonds. The van der Waals surface area contributed by atoms with Crippen molar-refractivity contribution in [3.05, 3.63) is 39.8 Å². The van der Waals surface area contributed by atoms with Gasteiger partial charge in [-0.25, -0.2) is 13.4 Å². The van der Waals surface area contributed by atoms with Crippen LogP contribution in [0.5, 0.6) is 0 Å². The van der Waals surface area contributed by atoms with Crippen molar-refractivity contribution in [3.8, 4) is 10.6 Å². The second-order valence-electron chi connectivity index (χ2n) is 7.65. The molecule has 0 aliphatic carbocycles. The van der Waals surface area contributed by atoms with E-state index in [0.717, 1.165) is 17.7 Å². The highest BCUT2D eigenvalue weighted by molar-refractivity contribution is 7.91. The fourth-order valence-electron chi connectivity index (χ4n) is 4.06. The molecule has 4 rings (SSSR count). The van der Waals surface area contributed by atoms with Crippen LogP contribution in [0.2, 0.25) is 0 Å². The minimum absolute atomic E-state index is 0.00329. The number of hydrogen-bond donors (Lipinski definition) is 1. The van der Waals surface area contributed by atoms with Gasteiger partial charge in [0.2, 0.25) is 5.91 Å². The van der Waals surface area contributed by atoms with Crippen molar-refractivity contribution in [3.63, 3.8) is 0 Å². The molecule has 0 spiro atoms. The van der Waals surface area contributed by atoms with Crippen LogP contribution in [0.25, 0.3) is 10.6 Å². The lowest BCUT2D eigenvalue weighted by Gasteiger charge is -2.33. The number of carbonyl (C=O) groups is 1. The largest absolute Gasteiger partial charge is 0.342 e. The van der Waals surface area contributed by atoms with Crippen LogP contribution in [-0.2, 0) is 14.6 Å². The van der Waals surface area contributed by atoms with Crippen LogP contribution in [0, 0.1) is 5.92 Å². The van der Waals surface area contributed by atoms with E-state index in [-0.39, 0.29) is 41.2 Å². The number of rotatable bonds is 4. The molecule has 28 heavy (non-hydrogen) atoms. The van der Waals surface area contributed by atoms with Crippen molar-refractivity contribution in [2.24, 2.45) is 5.92 Å². The average molecular weight is 422 g/mol. The molecule has 2 fully saturated rings. The number of carbonyl (C=O) groups excluding carboxylic acids is 1. The molecule has 2 aromatic rings. The van der Waals surface area contributed by atoms with Gasteiger partial charge in [0, 0.05) is 31.5 Å². The van der Waals surface area contributed by atoms with E-state index in [1.165, 1.54) is 17.4 Å². The van der Waals surface area contributed by atoms with Crippen molar-refractivity contribution in [2.45, 2.75) is 31.6 Å².